The van der Waals surface area contributed by atoms with Crippen LogP contribution < -0.4 is 10.6 Å². The van der Waals surface area contributed by atoms with Crippen LogP contribution in [0.5, 0.6) is 0 Å². The fourth-order valence-electron chi connectivity index (χ4n) is 1.88. The molecule has 2 amide bonds. The normalized spacial score (nSPS) is 13.6. The van der Waals surface area contributed by atoms with Crippen LogP contribution >= 0.6 is 0 Å². The molecule has 1 aromatic heterocycles. The molecule has 20 heavy (non-hydrogen) atoms. The van der Waals surface area contributed by atoms with Crippen LogP contribution in [-0.2, 0) is 9.53 Å². The molecule has 0 bridgehead atoms. The zero-order chi connectivity index (χ0) is 15.3. The molecule has 112 valence electrons. The summed E-state index contributed by atoms with van der Waals surface area (Å²) in [7, 11) is 1.27. The van der Waals surface area contributed by atoms with Gasteiger partial charge in [0.1, 0.15) is 5.76 Å². The lowest BCUT2D eigenvalue weighted by molar-refractivity contribution is -0.147. The molecule has 0 aliphatic heterocycles. The lowest BCUT2D eigenvalue weighted by Crippen LogP contribution is -2.43. The van der Waals surface area contributed by atoms with Gasteiger partial charge in [-0.05, 0) is 20.8 Å². The molecule has 0 aliphatic rings. The van der Waals surface area contributed by atoms with E-state index in [-0.39, 0.29) is 12.6 Å². The molecule has 0 saturated carbocycles. The van der Waals surface area contributed by atoms with Crippen LogP contribution in [0.25, 0.3) is 0 Å². The minimum Gasteiger partial charge on any atom is -0.479 e. The van der Waals surface area contributed by atoms with Crippen molar-refractivity contribution in [1.29, 1.82) is 0 Å². The number of methoxy groups -OCH3 is 1. The first-order valence-corrected chi connectivity index (χ1v) is 6.09. The fraction of sp³-hybridized carbons (Fsp3) is 0.583. The highest BCUT2D eigenvalue weighted by molar-refractivity contribution is 5.77. The first-order chi connectivity index (χ1) is 9.36. The molecule has 1 aromatic rings. The Balaban J connectivity index is 2.52. The van der Waals surface area contributed by atoms with Crippen LogP contribution in [-0.4, -0.2) is 42.0 Å². The molecule has 1 heterocycles. The van der Waals surface area contributed by atoms with Gasteiger partial charge in [-0.1, -0.05) is 5.16 Å². The summed E-state index contributed by atoms with van der Waals surface area (Å²) < 4.78 is 9.74. The predicted molar refractivity (Wildman–Crippen MR) is 69.4 cm³/mol. The van der Waals surface area contributed by atoms with Gasteiger partial charge in [-0.15, -0.1) is 0 Å². The fourth-order valence-corrected chi connectivity index (χ4v) is 1.88. The molecule has 8 heteroatoms. The number of carbonyl (C=O) groups excluding carboxylic acids is 1. The first-order valence-electron chi connectivity index (χ1n) is 6.09. The summed E-state index contributed by atoms with van der Waals surface area (Å²) in [5.41, 5.74) is 1.51. The van der Waals surface area contributed by atoms with E-state index in [9.17, 15) is 9.59 Å². The maximum atomic E-state index is 11.7. The van der Waals surface area contributed by atoms with Crippen LogP contribution in [0, 0.1) is 13.8 Å². The van der Waals surface area contributed by atoms with E-state index < -0.39 is 18.1 Å². The minimum atomic E-state index is -1.13. The smallest absolute Gasteiger partial charge is 0.334 e. The number of carbonyl (C=O) groups is 2. The van der Waals surface area contributed by atoms with Crippen molar-refractivity contribution in [2.45, 2.75) is 32.9 Å². The van der Waals surface area contributed by atoms with Gasteiger partial charge in [0.2, 0.25) is 0 Å². The van der Waals surface area contributed by atoms with E-state index in [4.69, 9.17) is 14.4 Å². The molecule has 0 aromatic carbocycles. The monoisotopic (exact) mass is 285 g/mol. The Kier molecular flexibility index (Phi) is 5.51. The Morgan fingerprint density at radius 2 is 2.10 bits per heavy atom. The number of ether oxygens (including phenoxy) is 1. The highest BCUT2D eigenvalue weighted by Crippen LogP contribution is 2.20. The summed E-state index contributed by atoms with van der Waals surface area (Å²) in [4.78, 5) is 22.4. The van der Waals surface area contributed by atoms with Gasteiger partial charge in [0.05, 0.1) is 18.3 Å². The van der Waals surface area contributed by atoms with Gasteiger partial charge in [-0.2, -0.15) is 0 Å². The van der Waals surface area contributed by atoms with Gasteiger partial charge in [-0.3, -0.25) is 0 Å². The van der Waals surface area contributed by atoms with E-state index in [2.05, 4.69) is 15.8 Å². The van der Waals surface area contributed by atoms with Crippen molar-refractivity contribution in [2.24, 2.45) is 0 Å². The average Bonchev–Trinajstić information content (AvgIpc) is 2.69. The number of nitrogens with zero attached hydrogens (tertiary/aromatic N) is 1. The van der Waals surface area contributed by atoms with Crippen LogP contribution in [0.2, 0.25) is 0 Å². The number of urea groups is 1. The van der Waals surface area contributed by atoms with Crippen LogP contribution in [0.1, 0.15) is 30.0 Å². The third-order valence-electron chi connectivity index (χ3n) is 2.88. The van der Waals surface area contributed by atoms with E-state index in [1.165, 1.54) is 7.11 Å². The number of aliphatic carboxylic acids is 1. The summed E-state index contributed by atoms with van der Waals surface area (Å²) in [5, 5.41) is 17.7. The molecule has 2 atom stereocenters. The van der Waals surface area contributed by atoms with Crippen molar-refractivity contribution in [3.63, 3.8) is 0 Å². The lowest BCUT2D eigenvalue weighted by Gasteiger charge is -2.16. The van der Waals surface area contributed by atoms with Gasteiger partial charge >= 0.3 is 12.0 Å². The summed E-state index contributed by atoms with van der Waals surface area (Å²) in [6.07, 6.45) is -1.07. The van der Waals surface area contributed by atoms with Crippen molar-refractivity contribution in [1.82, 2.24) is 15.8 Å². The van der Waals surface area contributed by atoms with Crippen molar-refractivity contribution in [2.75, 3.05) is 13.7 Å². The number of aryl methyl sites for hydroxylation is 2. The highest BCUT2D eigenvalue weighted by atomic mass is 16.5. The number of rotatable bonds is 6. The van der Waals surface area contributed by atoms with E-state index in [1.807, 2.05) is 0 Å². The largest absolute Gasteiger partial charge is 0.479 e. The second-order valence-electron chi connectivity index (χ2n) is 4.38. The molecule has 1 rings (SSSR count). The molecule has 0 radical (unpaired) electrons. The molecule has 3 N–H and O–H groups in total. The Morgan fingerprint density at radius 3 is 2.55 bits per heavy atom. The van der Waals surface area contributed by atoms with E-state index in [0.717, 1.165) is 5.56 Å². The second-order valence-corrected chi connectivity index (χ2v) is 4.38. The highest BCUT2D eigenvalue weighted by Gasteiger charge is 2.20. The summed E-state index contributed by atoms with van der Waals surface area (Å²) >= 11 is 0. The molecule has 2 unspecified atom stereocenters. The van der Waals surface area contributed by atoms with Gasteiger partial charge in [-0.25, -0.2) is 9.59 Å². The molecule has 0 spiro atoms. The molecule has 0 fully saturated rings. The predicted octanol–water partition coefficient (Wildman–Crippen LogP) is 0.751. The van der Waals surface area contributed by atoms with Gasteiger partial charge in [0.25, 0.3) is 0 Å². The summed E-state index contributed by atoms with van der Waals surface area (Å²) in [6, 6.07) is -0.784. The third-order valence-corrected chi connectivity index (χ3v) is 2.88. The Labute approximate surface area is 116 Å². The molecular weight excluding hydrogens is 266 g/mol. The number of nitrogens with one attached hydrogen (secondary N) is 2. The number of carboxylic acids is 1. The zero-order valence-corrected chi connectivity index (χ0v) is 11.9. The van der Waals surface area contributed by atoms with Crippen LogP contribution in [0.4, 0.5) is 4.79 Å². The van der Waals surface area contributed by atoms with Gasteiger partial charge in [0, 0.05) is 12.7 Å². The molecule has 8 nitrogen and oxygen atoms in total. The topological polar surface area (TPSA) is 114 Å². The number of aromatic nitrogens is 1. The average molecular weight is 285 g/mol. The molecule has 0 saturated heterocycles. The Morgan fingerprint density at radius 1 is 1.45 bits per heavy atom. The first kappa shape index (κ1) is 16.0. The van der Waals surface area contributed by atoms with Crippen molar-refractivity contribution < 1.29 is 24.0 Å². The SMILES string of the molecule is COC(CNC(=O)NC(C)c1c(C)noc1C)C(=O)O. The van der Waals surface area contributed by atoms with Gasteiger partial charge < -0.3 is 25.0 Å². The van der Waals surface area contributed by atoms with E-state index >= 15 is 0 Å². The third kappa shape index (κ3) is 3.95. The van der Waals surface area contributed by atoms with Gasteiger partial charge in [0.15, 0.2) is 6.10 Å². The number of amides is 2. The minimum absolute atomic E-state index is 0.119. The van der Waals surface area contributed by atoms with Crippen molar-refractivity contribution in [3.05, 3.63) is 17.0 Å². The van der Waals surface area contributed by atoms with Crippen molar-refractivity contribution >= 4 is 12.0 Å². The maximum absolute atomic E-state index is 11.7. The molecular formula is C12H19N3O5. The van der Waals surface area contributed by atoms with E-state index in [0.29, 0.717) is 11.5 Å². The van der Waals surface area contributed by atoms with Crippen molar-refractivity contribution in [3.8, 4) is 0 Å². The number of carboxylic acid groups (broad SMARTS) is 1. The summed E-state index contributed by atoms with van der Waals surface area (Å²) in [6.45, 7) is 5.22. The zero-order valence-electron chi connectivity index (χ0n) is 11.9. The quantitative estimate of drug-likeness (QED) is 0.710. The Bertz CT molecular complexity index is 466. The van der Waals surface area contributed by atoms with E-state index in [1.54, 1.807) is 20.8 Å². The number of hydrogen-bond acceptors (Lipinski definition) is 5. The van der Waals surface area contributed by atoms with Crippen LogP contribution in [0.3, 0.4) is 0 Å². The standard InChI is InChI=1S/C12H19N3O5/c1-6(10-7(2)15-20-8(10)3)14-12(18)13-5-9(19-4)11(16)17/h6,9H,5H2,1-4H3,(H,16,17)(H2,13,14,18). The van der Waals surface area contributed by atoms with Crippen LogP contribution in [0.15, 0.2) is 4.52 Å². The maximum Gasteiger partial charge on any atom is 0.334 e. The molecule has 0 aliphatic carbocycles. The second kappa shape index (κ2) is 6.90. The Hall–Kier alpha value is -2.09. The number of hydrogen-bond donors (Lipinski definition) is 3. The lowest BCUT2D eigenvalue weighted by atomic mass is 10.1. The summed E-state index contributed by atoms with van der Waals surface area (Å²) in [5.74, 6) is -0.498.